The second-order valence-electron chi connectivity index (χ2n) is 5.15. The molecule has 0 heterocycles. The summed E-state index contributed by atoms with van der Waals surface area (Å²) in [5.74, 6) is -0.748. The fourth-order valence-corrected chi connectivity index (χ4v) is 2.05. The average molecular weight is 316 g/mol. The Kier molecular flexibility index (Phi) is 5.96. The Morgan fingerprint density at radius 1 is 1.23 bits per heavy atom. The Hall–Kier alpha value is -2.05. The molecule has 7 heteroatoms. The molecule has 1 rings (SSSR count). The van der Waals surface area contributed by atoms with Gasteiger partial charge in [-0.2, -0.15) is 13.2 Å². The topological polar surface area (TPSA) is 49.4 Å². The first-order valence-corrected chi connectivity index (χ1v) is 6.86. The van der Waals surface area contributed by atoms with E-state index in [0.29, 0.717) is 0 Å². The molecule has 0 aromatic heterocycles. The third-order valence-corrected chi connectivity index (χ3v) is 3.11. The van der Waals surface area contributed by atoms with E-state index in [9.17, 15) is 22.8 Å². The predicted octanol–water partition coefficient (Wildman–Crippen LogP) is 3.29. The van der Waals surface area contributed by atoms with Crippen molar-refractivity contribution in [2.45, 2.75) is 39.4 Å². The first-order valence-electron chi connectivity index (χ1n) is 6.86. The number of anilines is 1. The molecule has 22 heavy (non-hydrogen) atoms. The number of carbonyl (C=O) groups is 2. The smallest absolute Gasteiger partial charge is 0.340 e. The third-order valence-electron chi connectivity index (χ3n) is 3.11. The predicted molar refractivity (Wildman–Crippen MR) is 77.2 cm³/mol. The molecule has 0 atom stereocenters. The second-order valence-corrected chi connectivity index (χ2v) is 5.15. The molecule has 0 fully saturated rings. The molecule has 122 valence electrons. The lowest BCUT2D eigenvalue weighted by atomic mass is 10.1. The molecule has 0 unspecified atom stereocenters. The first-order chi connectivity index (χ1) is 10.1. The number of amides is 2. The van der Waals surface area contributed by atoms with Gasteiger partial charge in [0.15, 0.2) is 0 Å². The van der Waals surface area contributed by atoms with Gasteiger partial charge in [-0.1, -0.05) is 12.1 Å². The van der Waals surface area contributed by atoms with Crippen LogP contribution in [0, 0.1) is 0 Å². The summed E-state index contributed by atoms with van der Waals surface area (Å²) in [6.45, 7) is 5.15. The lowest BCUT2D eigenvalue weighted by Crippen LogP contribution is -2.37. The highest BCUT2D eigenvalue weighted by atomic mass is 19.4. The van der Waals surface area contributed by atoms with Gasteiger partial charge in [0.25, 0.3) is 0 Å². The number of para-hydroxylation sites is 1. The Morgan fingerprint density at radius 2 is 1.82 bits per heavy atom. The van der Waals surface area contributed by atoms with Gasteiger partial charge in [-0.05, 0) is 26.0 Å². The number of nitrogens with zero attached hydrogens (tertiary/aromatic N) is 1. The average Bonchev–Trinajstić information content (AvgIpc) is 2.37. The number of halogens is 3. The van der Waals surface area contributed by atoms with Crippen molar-refractivity contribution < 1.29 is 22.8 Å². The van der Waals surface area contributed by atoms with Gasteiger partial charge >= 0.3 is 6.18 Å². The van der Waals surface area contributed by atoms with Crippen molar-refractivity contribution in [3.8, 4) is 0 Å². The molecule has 0 saturated heterocycles. The summed E-state index contributed by atoms with van der Waals surface area (Å²) in [5.41, 5.74) is -1.17. The molecule has 1 N–H and O–H groups in total. The molecule has 1 aromatic rings. The van der Waals surface area contributed by atoms with Crippen molar-refractivity contribution in [2.75, 3.05) is 11.9 Å². The molecule has 2 amide bonds. The van der Waals surface area contributed by atoms with Crippen LogP contribution in [0.1, 0.15) is 32.8 Å². The summed E-state index contributed by atoms with van der Waals surface area (Å²) in [6.07, 6.45) is -4.60. The lowest BCUT2D eigenvalue weighted by Gasteiger charge is -2.25. The summed E-state index contributed by atoms with van der Waals surface area (Å²) >= 11 is 0. The molecular weight excluding hydrogens is 297 g/mol. The van der Waals surface area contributed by atoms with Crippen LogP contribution < -0.4 is 5.32 Å². The van der Waals surface area contributed by atoms with E-state index in [1.807, 2.05) is 0 Å². The Balaban J connectivity index is 2.73. The number of carbonyl (C=O) groups excluding carboxylic acids is 2. The van der Waals surface area contributed by atoms with Gasteiger partial charge in [-0.25, -0.2) is 0 Å². The van der Waals surface area contributed by atoms with Crippen LogP contribution in [-0.2, 0) is 15.8 Å². The zero-order chi connectivity index (χ0) is 16.9. The van der Waals surface area contributed by atoms with Crippen LogP contribution in [0.5, 0.6) is 0 Å². The van der Waals surface area contributed by atoms with E-state index < -0.39 is 17.6 Å². The van der Waals surface area contributed by atoms with Crippen LogP contribution in [0.3, 0.4) is 0 Å². The summed E-state index contributed by atoms with van der Waals surface area (Å²) in [5, 5.41) is 2.25. The minimum absolute atomic E-state index is 0.0655. The van der Waals surface area contributed by atoms with Gasteiger partial charge in [0.05, 0.1) is 11.3 Å². The highest BCUT2D eigenvalue weighted by Crippen LogP contribution is 2.34. The van der Waals surface area contributed by atoms with Crippen molar-refractivity contribution in [3.05, 3.63) is 29.8 Å². The molecule has 0 saturated carbocycles. The van der Waals surface area contributed by atoms with E-state index in [-0.39, 0.29) is 30.6 Å². The highest BCUT2D eigenvalue weighted by molar-refractivity contribution is 5.92. The molecule has 0 radical (unpaired) electrons. The van der Waals surface area contributed by atoms with Crippen molar-refractivity contribution >= 4 is 17.5 Å². The van der Waals surface area contributed by atoms with Crippen molar-refractivity contribution in [3.63, 3.8) is 0 Å². The van der Waals surface area contributed by atoms with Crippen LogP contribution in [0.15, 0.2) is 24.3 Å². The van der Waals surface area contributed by atoms with E-state index in [0.717, 1.165) is 6.07 Å². The molecule has 4 nitrogen and oxygen atoms in total. The maximum Gasteiger partial charge on any atom is 0.418 e. The van der Waals surface area contributed by atoms with Gasteiger partial charge < -0.3 is 10.2 Å². The van der Waals surface area contributed by atoms with E-state index >= 15 is 0 Å². The van der Waals surface area contributed by atoms with Crippen LogP contribution in [0.2, 0.25) is 0 Å². The Morgan fingerprint density at radius 3 is 2.32 bits per heavy atom. The lowest BCUT2D eigenvalue weighted by molar-refractivity contribution is -0.137. The number of hydrogen-bond donors (Lipinski definition) is 1. The van der Waals surface area contributed by atoms with Crippen molar-refractivity contribution in [1.82, 2.24) is 4.90 Å². The highest BCUT2D eigenvalue weighted by Gasteiger charge is 2.33. The minimum atomic E-state index is -4.53. The first kappa shape index (κ1) is 18.0. The van der Waals surface area contributed by atoms with Crippen LogP contribution >= 0.6 is 0 Å². The minimum Gasteiger partial charge on any atom is -0.340 e. The van der Waals surface area contributed by atoms with Crippen LogP contribution in [-0.4, -0.2) is 29.3 Å². The van der Waals surface area contributed by atoms with E-state index in [2.05, 4.69) is 5.32 Å². The Bertz CT molecular complexity index is 542. The molecule has 0 aliphatic heterocycles. The summed E-state index contributed by atoms with van der Waals surface area (Å²) < 4.78 is 38.5. The van der Waals surface area contributed by atoms with Crippen molar-refractivity contribution in [2.24, 2.45) is 0 Å². The number of rotatable bonds is 5. The number of alkyl halides is 3. The molecule has 0 bridgehead atoms. The number of hydrogen-bond acceptors (Lipinski definition) is 2. The molecule has 1 aromatic carbocycles. The van der Waals surface area contributed by atoms with E-state index in [1.165, 1.54) is 30.0 Å². The fraction of sp³-hybridized carbons (Fsp3) is 0.467. The summed E-state index contributed by atoms with van der Waals surface area (Å²) in [7, 11) is 0. The number of nitrogens with one attached hydrogen (secondary N) is 1. The molecule has 0 aliphatic carbocycles. The fourth-order valence-electron chi connectivity index (χ4n) is 2.05. The van der Waals surface area contributed by atoms with Crippen molar-refractivity contribution in [1.29, 1.82) is 0 Å². The third kappa shape index (κ3) is 5.05. The van der Waals surface area contributed by atoms with Crippen LogP contribution in [0.4, 0.5) is 18.9 Å². The monoisotopic (exact) mass is 316 g/mol. The summed E-state index contributed by atoms with van der Waals surface area (Å²) in [6, 6.07) is 4.71. The zero-order valence-corrected chi connectivity index (χ0v) is 12.7. The summed E-state index contributed by atoms with van der Waals surface area (Å²) in [4.78, 5) is 24.7. The maximum absolute atomic E-state index is 12.8. The second kappa shape index (κ2) is 7.29. The molecule has 0 spiro atoms. The maximum atomic E-state index is 12.8. The van der Waals surface area contributed by atoms with E-state index in [1.54, 1.807) is 13.8 Å². The zero-order valence-electron chi connectivity index (χ0n) is 12.7. The van der Waals surface area contributed by atoms with Gasteiger partial charge in [-0.15, -0.1) is 0 Å². The molecular formula is C15H19F3N2O2. The normalized spacial score (nSPS) is 11.4. The van der Waals surface area contributed by atoms with Gasteiger partial charge in [-0.3, -0.25) is 9.59 Å². The van der Waals surface area contributed by atoms with Crippen LogP contribution in [0.25, 0.3) is 0 Å². The van der Waals surface area contributed by atoms with Gasteiger partial charge in [0.2, 0.25) is 11.8 Å². The molecule has 0 aliphatic rings. The SMILES string of the molecule is CC(=O)N(CCC(=O)Nc1ccccc1C(F)(F)F)C(C)C. The number of benzene rings is 1. The largest absolute Gasteiger partial charge is 0.418 e. The standard InChI is InChI=1S/C15H19F3N2O2/c1-10(2)20(11(3)21)9-8-14(22)19-13-7-5-4-6-12(13)15(16,17)18/h4-7,10H,8-9H2,1-3H3,(H,19,22). The quantitative estimate of drug-likeness (QED) is 0.906. The van der Waals surface area contributed by atoms with E-state index in [4.69, 9.17) is 0 Å². The van der Waals surface area contributed by atoms with Gasteiger partial charge in [0.1, 0.15) is 0 Å². The van der Waals surface area contributed by atoms with Gasteiger partial charge in [0, 0.05) is 25.9 Å². The Labute approximate surface area is 127 Å².